The van der Waals surface area contributed by atoms with Gasteiger partial charge in [-0.1, -0.05) is 34.1 Å². The Morgan fingerprint density at radius 2 is 2.09 bits per heavy atom. The van der Waals surface area contributed by atoms with Gasteiger partial charge in [0.05, 0.1) is 17.9 Å². The van der Waals surface area contributed by atoms with Crippen LogP contribution in [0.1, 0.15) is 30.4 Å². The van der Waals surface area contributed by atoms with E-state index in [0.29, 0.717) is 19.3 Å². The molecule has 0 radical (unpaired) electrons. The van der Waals surface area contributed by atoms with Crippen LogP contribution in [-0.2, 0) is 19.1 Å². The number of benzene rings is 1. The van der Waals surface area contributed by atoms with Crippen LogP contribution in [0.25, 0.3) is 0 Å². The van der Waals surface area contributed by atoms with Crippen molar-refractivity contribution in [1.29, 1.82) is 0 Å². The third-order valence-electron chi connectivity index (χ3n) is 7.35. The molecule has 3 heterocycles. The number of anilines is 1. The maximum Gasteiger partial charge on any atom is 0.310 e. The number of hydrogen-bond acceptors (Lipinski definition) is 5. The second kappa shape index (κ2) is 9.43. The lowest BCUT2D eigenvalue weighted by Gasteiger charge is -2.37. The molecule has 0 saturated carbocycles. The number of rotatable bonds is 9. The summed E-state index contributed by atoms with van der Waals surface area (Å²) in [6.45, 7) is 8.15. The van der Waals surface area contributed by atoms with Crippen LogP contribution in [0.5, 0.6) is 0 Å². The summed E-state index contributed by atoms with van der Waals surface area (Å²) in [5.74, 6) is -3.69. The van der Waals surface area contributed by atoms with Crippen molar-refractivity contribution < 1.29 is 29.3 Å². The number of carboxylic acid groups (broad SMARTS) is 1. The summed E-state index contributed by atoms with van der Waals surface area (Å²) in [5.41, 5.74) is 1.41. The molecular formula is C25H31BrN2O6. The molecule has 3 aliphatic rings. The Kier molecular flexibility index (Phi) is 6.90. The quantitative estimate of drug-likeness (QED) is 0.286. The van der Waals surface area contributed by atoms with Gasteiger partial charge in [-0.05, 0) is 50.3 Å². The number of fused-ring (bicyclic) bond motifs is 1. The van der Waals surface area contributed by atoms with Gasteiger partial charge in [0.15, 0.2) is 0 Å². The molecule has 184 valence electrons. The lowest BCUT2D eigenvalue weighted by Crippen LogP contribution is -2.57. The molecule has 8 nitrogen and oxygen atoms in total. The molecule has 2 bridgehead atoms. The molecular weight excluding hydrogens is 504 g/mol. The molecule has 1 aromatic rings. The first kappa shape index (κ1) is 24.9. The van der Waals surface area contributed by atoms with Gasteiger partial charge in [0.1, 0.15) is 11.6 Å². The highest BCUT2D eigenvalue weighted by atomic mass is 79.9. The fourth-order valence-electron chi connectivity index (χ4n) is 5.92. The van der Waals surface area contributed by atoms with Gasteiger partial charge in [0, 0.05) is 30.2 Å². The minimum absolute atomic E-state index is 0.0277. The summed E-state index contributed by atoms with van der Waals surface area (Å²) in [6, 6.07) is 4.89. The van der Waals surface area contributed by atoms with Crippen molar-refractivity contribution in [2.75, 3.05) is 24.6 Å². The summed E-state index contributed by atoms with van der Waals surface area (Å²) in [6.07, 6.45) is 2.32. The van der Waals surface area contributed by atoms with Crippen molar-refractivity contribution >= 4 is 39.4 Å². The molecule has 34 heavy (non-hydrogen) atoms. The van der Waals surface area contributed by atoms with E-state index in [9.17, 15) is 24.6 Å². The average Bonchev–Trinajstić information content (AvgIpc) is 3.37. The summed E-state index contributed by atoms with van der Waals surface area (Å²) in [4.78, 5) is 43.0. The van der Waals surface area contributed by atoms with E-state index in [1.54, 1.807) is 11.0 Å². The molecule has 0 aromatic heterocycles. The van der Waals surface area contributed by atoms with E-state index in [1.165, 1.54) is 4.90 Å². The number of aliphatic hydroxyl groups excluding tert-OH is 1. The number of aliphatic carboxylic acids is 1. The molecule has 3 fully saturated rings. The number of aryl methyl sites for hydroxylation is 2. The minimum Gasteiger partial charge on any atom is -0.481 e. The van der Waals surface area contributed by atoms with Crippen LogP contribution >= 0.6 is 15.9 Å². The number of carboxylic acids is 1. The number of likely N-dealkylation sites (tertiary alicyclic amines) is 1. The number of amides is 2. The number of hydrogen-bond donors (Lipinski definition) is 2. The molecule has 0 aliphatic carbocycles. The number of aliphatic hydroxyl groups is 1. The second-order valence-electron chi connectivity index (χ2n) is 9.49. The standard InChI is InChI=1S/C25H31BrN2O6/c1-4-9-27(17-12-14(2)7-8-15(17)3)23(31)21-25-13-16(26)20(34-25)18(24(32)33)19(25)22(30)28(21)10-5-6-11-29/h4,7-8,12,16,18-21,29H,1,5-6,9-11,13H2,2-3H3,(H,32,33)/t16?,18-,19+,20-,21?,25?/m1/s1. The van der Waals surface area contributed by atoms with Crippen molar-refractivity contribution in [3.05, 3.63) is 42.0 Å². The van der Waals surface area contributed by atoms with Crippen LogP contribution < -0.4 is 4.90 Å². The summed E-state index contributed by atoms with van der Waals surface area (Å²) >= 11 is 3.56. The average molecular weight is 535 g/mol. The van der Waals surface area contributed by atoms with Crippen molar-refractivity contribution in [3.8, 4) is 0 Å². The van der Waals surface area contributed by atoms with E-state index >= 15 is 0 Å². The predicted molar refractivity (Wildman–Crippen MR) is 130 cm³/mol. The van der Waals surface area contributed by atoms with Crippen LogP contribution in [0.3, 0.4) is 0 Å². The molecule has 1 aromatic carbocycles. The summed E-state index contributed by atoms with van der Waals surface area (Å²) < 4.78 is 6.32. The van der Waals surface area contributed by atoms with Crippen LogP contribution in [-0.4, -0.2) is 75.2 Å². The normalized spacial score (nSPS) is 31.6. The Morgan fingerprint density at radius 3 is 2.74 bits per heavy atom. The van der Waals surface area contributed by atoms with Crippen molar-refractivity contribution in [2.45, 2.75) is 55.7 Å². The highest BCUT2D eigenvalue weighted by Gasteiger charge is 2.76. The van der Waals surface area contributed by atoms with Gasteiger partial charge in [-0.2, -0.15) is 0 Å². The van der Waals surface area contributed by atoms with Gasteiger partial charge in [0.2, 0.25) is 5.91 Å². The maximum atomic E-state index is 14.3. The van der Waals surface area contributed by atoms with Crippen LogP contribution in [0, 0.1) is 25.7 Å². The molecule has 3 saturated heterocycles. The molecule has 2 N–H and O–H groups in total. The first-order chi connectivity index (χ1) is 16.2. The van der Waals surface area contributed by atoms with Gasteiger partial charge < -0.3 is 24.7 Å². The number of alkyl halides is 1. The Morgan fingerprint density at radius 1 is 1.35 bits per heavy atom. The monoisotopic (exact) mass is 534 g/mol. The van der Waals surface area contributed by atoms with Gasteiger partial charge in [-0.25, -0.2) is 0 Å². The van der Waals surface area contributed by atoms with Crippen LogP contribution in [0.15, 0.2) is 30.9 Å². The number of carbonyl (C=O) groups excluding carboxylic acids is 2. The van der Waals surface area contributed by atoms with E-state index in [0.717, 1.165) is 16.8 Å². The molecule has 9 heteroatoms. The Labute approximate surface area is 207 Å². The smallest absolute Gasteiger partial charge is 0.310 e. The molecule has 1 spiro atoms. The van der Waals surface area contributed by atoms with E-state index in [-0.39, 0.29) is 36.3 Å². The Balaban J connectivity index is 1.80. The molecule has 4 rings (SSSR count). The third kappa shape index (κ3) is 3.78. The first-order valence-electron chi connectivity index (χ1n) is 11.6. The number of ether oxygens (including phenoxy) is 1. The largest absolute Gasteiger partial charge is 0.481 e. The zero-order chi connectivity index (χ0) is 24.8. The van der Waals surface area contributed by atoms with Crippen LogP contribution in [0.2, 0.25) is 0 Å². The SMILES string of the molecule is C=CCN(C(=O)C1N(CCCCO)C(=O)[C@@H]2[C@@H](C(=O)O)[C@@H]3OC12CC3Br)c1cc(C)ccc1C. The van der Waals surface area contributed by atoms with Gasteiger partial charge in [-0.15, -0.1) is 6.58 Å². The Bertz CT molecular complexity index is 1020. The molecule has 2 amide bonds. The van der Waals surface area contributed by atoms with Gasteiger partial charge in [0.25, 0.3) is 5.91 Å². The number of unbranched alkanes of at least 4 members (excludes halogenated alkanes) is 1. The van der Waals surface area contributed by atoms with E-state index in [2.05, 4.69) is 22.5 Å². The highest BCUT2D eigenvalue weighted by Crippen LogP contribution is 2.60. The van der Waals surface area contributed by atoms with E-state index < -0.39 is 35.6 Å². The maximum absolute atomic E-state index is 14.3. The predicted octanol–water partition coefficient (Wildman–Crippen LogP) is 2.43. The van der Waals surface area contributed by atoms with E-state index in [4.69, 9.17) is 4.74 Å². The molecule has 6 atom stereocenters. The van der Waals surface area contributed by atoms with Crippen molar-refractivity contribution in [3.63, 3.8) is 0 Å². The lowest BCUT2D eigenvalue weighted by atomic mass is 9.70. The van der Waals surface area contributed by atoms with E-state index in [1.807, 2.05) is 32.0 Å². The second-order valence-corrected chi connectivity index (χ2v) is 10.7. The fraction of sp³-hybridized carbons (Fsp3) is 0.560. The molecule has 3 aliphatic heterocycles. The van der Waals surface area contributed by atoms with Crippen LogP contribution in [0.4, 0.5) is 5.69 Å². The topological polar surface area (TPSA) is 107 Å². The third-order valence-corrected chi connectivity index (χ3v) is 8.19. The Hall–Kier alpha value is -2.23. The zero-order valence-electron chi connectivity index (χ0n) is 19.4. The first-order valence-corrected chi connectivity index (χ1v) is 12.5. The number of nitrogens with zero attached hydrogens (tertiary/aromatic N) is 2. The van der Waals surface area contributed by atoms with Crippen molar-refractivity contribution in [2.24, 2.45) is 11.8 Å². The zero-order valence-corrected chi connectivity index (χ0v) is 21.0. The highest BCUT2D eigenvalue weighted by molar-refractivity contribution is 9.09. The molecule has 3 unspecified atom stereocenters. The van der Waals surface area contributed by atoms with Gasteiger partial charge in [-0.3, -0.25) is 14.4 Å². The fourth-order valence-corrected chi connectivity index (χ4v) is 6.86. The lowest BCUT2D eigenvalue weighted by molar-refractivity contribution is -0.149. The summed E-state index contributed by atoms with van der Waals surface area (Å²) in [5, 5.41) is 19.2. The van der Waals surface area contributed by atoms with Gasteiger partial charge >= 0.3 is 5.97 Å². The number of carbonyl (C=O) groups is 3. The number of halogens is 1. The van der Waals surface area contributed by atoms with Crippen molar-refractivity contribution in [1.82, 2.24) is 4.90 Å². The minimum atomic E-state index is -1.22. The summed E-state index contributed by atoms with van der Waals surface area (Å²) in [7, 11) is 0.